The lowest BCUT2D eigenvalue weighted by Gasteiger charge is -2.11. The van der Waals surface area contributed by atoms with E-state index in [-0.39, 0.29) is 17.9 Å². The summed E-state index contributed by atoms with van der Waals surface area (Å²) in [5, 5.41) is 10.9. The molecule has 2 aromatic carbocycles. The van der Waals surface area contributed by atoms with Gasteiger partial charge in [0.2, 0.25) is 0 Å². The standard InChI is InChI=1S/C15H15FN2O3/c1-10-2-5-15(11(6-10)8-17)21-9-12-7-13(16)3-4-14(12)18(19)20/h2-7H,8-9,17H2,1H3. The second-order valence-corrected chi connectivity index (χ2v) is 4.63. The predicted octanol–water partition coefficient (Wildman–Crippen LogP) is 3.08. The third kappa shape index (κ3) is 3.55. The number of hydrogen-bond donors (Lipinski definition) is 1. The predicted molar refractivity (Wildman–Crippen MR) is 76.5 cm³/mol. The molecule has 0 aliphatic heterocycles. The zero-order valence-electron chi connectivity index (χ0n) is 11.5. The molecule has 6 heteroatoms. The van der Waals surface area contributed by atoms with Crippen molar-refractivity contribution in [2.45, 2.75) is 20.1 Å². The molecule has 0 amide bonds. The molecule has 0 aliphatic carbocycles. The van der Waals surface area contributed by atoms with Crippen molar-refractivity contribution >= 4 is 5.69 Å². The van der Waals surface area contributed by atoms with Crippen LogP contribution in [0.25, 0.3) is 0 Å². The summed E-state index contributed by atoms with van der Waals surface area (Å²) in [5.41, 5.74) is 7.50. The monoisotopic (exact) mass is 290 g/mol. The highest BCUT2D eigenvalue weighted by Gasteiger charge is 2.15. The molecule has 21 heavy (non-hydrogen) atoms. The average Bonchev–Trinajstić information content (AvgIpc) is 2.45. The topological polar surface area (TPSA) is 78.4 Å². The van der Waals surface area contributed by atoms with Gasteiger partial charge in [0.1, 0.15) is 18.2 Å². The number of nitrogens with two attached hydrogens (primary N) is 1. The number of nitrogens with zero attached hydrogens (tertiary/aromatic N) is 1. The molecule has 0 saturated heterocycles. The fraction of sp³-hybridized carbons (Fsp3) is 0.200. The Morgan fingerprint density at radius 1 is 1.24 bits per heavy atom. The Hall–Kier alpha value is -2.47. The Kier molecular flexibility index (Phi) is 4.49. The van der Waals surface area contributed by atoms with Crippen LogP contribution in [0.5, 0.6) is 5.75 Å². The van der Waals surface area contributed by atoms with Crippen LogP contribution in [0.2, 0.25) is 0 Å². The molecular formula is C15H15FN2O3. The van der Waals surface area contributed by atoms with Crippen molar-refractivity contribution in [2.24, 2.45) is 5.73 Å². The number of aryl methyl sites for hydroxylation is 1. The van der Waals surface area contributed by atoms with Gasteiger partial charge in [-0.1, -0.05) is 17.7 Å². The van der Waals surface area contributed by atoms with Crippen LogP contribution < -0.4 is 10.5 Å². The van der Waals surface area contributed by atoms with Crippen LogP contribution in [0.1, 0.15) is 16.7 Å². The lowest BCUT2D eigenvalue weighted by molar-refractivity contribution is -0.385. The minimum absolute atomic E-state index is 0.0931. The number of benzene rings is 2. The van der Waals surface area contributed by atoms with Gasteiger partial charge in [-0.05, 0) is 25.1 Å². The number of rotatable bonds is 5. The van der Waals surface area contributed by atoms with E-state index in [9.17, 15) is 14.5 Å². The van der Waals surface area contributed by atoms with Crippen molar-refractivity contribution in [1.82, 2.24) is 0 Å². The van der Waals surface area contributed by atoms with Crippen molar-refractivity contribution in [3.63, 3.8) is 0 Å². The smallest absolute Gasteiger partial charge is 0.276 e. The lowest BCUT2D eigenvalue weighted by atomic mass is 10.1. The van der Waals surface area contributed by atoms with Crippen molar-refractivity contribution in [2.75, 3.05) is 0 Å². The zero-order chi connectivity index (χ0) is 15.4. The summed E-state index contributed by atoms with van der Waals surface area (Å²) < 4.78 is 18.8. The minimum Gasteiger partial charge on any atom is -0.488 e. The van der Waals surface area contributed by atoms with Gasteiger partial charge in [0.05, 0.1) is 10.5 Å². The summed E-state index contributed by atoms with van der Waals surface area (Å²) in [7, 11) is 0. The molecule has 0 heterocycles. The van der Waals surface area contributed by atoms with Crippen LogP contribution in [0.4, 0.5) is 10.1 Å². The second kappa shape index (κ2) is 6.32. The number of hydrogen-bond acceptors (Lipinski definition) is 4. The first kappa shape index (κ1) is 14.9. The third-order valence-corrected chi connectivity index (χ3v) is 3.06. The highest BCUT2D eigenvalue weighted by molar-refractivity contribution is 5.41. The first-order chi connectivity index (χ1) is 10.0. The van der Waals surface area contributed by atoms with Crippen molar-refractivity contribution in [3.05, 3.63) is 69.0 Å². The lowest BCUT2D eigenvalue weighted by Crippen LogP contribution is -2.05. The van der Waals surface area contributed by atoms with Crippen LogP contribution in [0.15, 0.2) is 36.4 Å². The molecule has 2 rings (SSSR count). The Labute approximate surface area is 121 Å². The molecule has 0 atom stereocenters. The third-order valence-electron chi connectivity index (χ3n) is 3.06. The van der Waals surface area contributed by atoms with Gasteiger partial charge in [-0.2, -0.15) is 0 Å². The molecule has 2 aromatic rings. The van der Waals surface area contributed by atoms with E-state index in [1.807, 2.05) is 19.1 Å². The van der Waals surface area contributed by atoms with Gasteiger partial charge in [0.25, 0.3) is 5.69 Å². The molecule has 0 spiro atoms. The second-order valence-electron chi connectivity index (χ2n) is 4.63. The molecule has 0 radical (unpaired) electrons. The van der Waals surface area contributed by atoms with Crippen molar-refractivity contribution < 1.29 is 14.1 Å². The summed E-state index contributed by atoms with van der Waals surface area (Å²) in [6.07, 6.45) is 0. The molecule has 0 saturated carbocycles. The number of nitro benzene ring substituents is 1. The maximum atomic E-state index is 13.2. The van der Waals surface area contributed by atoms with Crippen molar-refractivity contribution in [1.29, 1.82) is 0 Å². The Bertz CT molecular complexity index is 674. The molecule has 0 fully saturated rings. The van der Waals surface area contributed by atoms with Crippen LogP contribution in [0.3, 0.4) is 0 Å². The van der Waals surface area contributed by atoms with Gasteiger partial charge in [0.15, 0.2) is 0 Å². The van der Waals surface area contributed by atoms with Gasteiger partial charge < -0.3 is 10.5 Å². The Balaban J connectivity index is 2.24. The van der Waals surface area contributed by atoms with E-state index in [1.165, 1.54) is 0 Å². The quantitative estimate of drug-likeness (QED) is 0.678. The fourth-order valence-electron chi connectivity index (χ4n) is 2.01. The summed E-state index contributed by atoms with van der Waals surface area (Å²) in [5.74, 6) is 0.00353. The van der Waals surface area contributed by atoms with Crippen LogP contribution in [0, 0.1) is 22.9 Å². The Morgan fingerprint density at radius 2 is 2.00 bits per heavy atom. The molecule has 0 unspecified atom stereocenters. The Morgan fingerprint density at radius 3 is 2.67 bits per heavy atom. The van der Waals surface area contributed by atoms with E-state index < -0.39 is 10.7 Å². The normalized spacial score (nSPS) is 10.4. The van der Waals surface area contributed by atoms with Gasteiger partial charge in [-0.3, -0.25) is 10.1 Å². The first-order valence-electron chi connectivity index (χ1n) is 6.36. The summed E-state index contributed by atoms with van der Waals surface area (Å²) in [6.45, 7) is 2.13. The van der Waals surface area contributed by atoms with E-state index in [2.05, 4.69) is 0 Å². The van der Waals surface area contributed by atoms with Gasteiger partial charge in [-0.25, -0.2) is 4.39 Å². The number of halogens is 1. The zero-order valence-corrected chi connectivity index (χ0v) is 11.5. The highest BCUT2D eigenvalue weighted by Crippen LogP contribution is 2.24. The number of ether oxygens (including phenoxy) is 1. The minimum atomic E-state index is -0.558. The highest BCUT2D eigenvalue weighted by atomic mass is 19.1. The van der Waals surface area contributed by atoms with E-state index in [1.54, 1.807) is 6.07 Å². The van der Waals surface area contributed by atoms with Gasteiger partial charge in [-0.15, -0.1) is 0 Å². The van der Waals surface area contributed by atoms with E-state index >= 15 is 0 Å². The number of nitro groups is 1. The summed E-state index contributed by atoms with van der Waals surface area (Å²) in [6, 6.07) is 8.78. The van der Waals surface area contributed by atoms with E-state index in [4.69, 9.17) is 10.5 Å². The largest absolute Gasteiger partial charge is 0.488 e. The molecule has 0 bridgehead atoms. The van der Waals surface area contributed by atoms with Gasteiger partial charge >= 0.3 is 0 Å². The molecular weight excluding hydrogens is 275 g/mol. The maximum Gasteiger partial charge on any atom is 0.276 e. The van der Waals surface area contributed by atoms with E-state index in [0.717, 1.165) is 29.3 Å². The SMILES string of the molecule is Cc1ccc(OCc2cc(F)ccc2[N+](=O)[O-])c(CN)c1. The molecule has 2 N–H and O–H groups in total. The van der Waals surface area contributed by atoms with Crippen LogP contribution in [-0.4, -0.2) is 4.92 Å². The summed E-state index contributed by atoms with van der Waals surface area (Å²) >= 11 is 0. The molecule has 5 nitrogen and oxygen atoms in total. The fourth-order valence-corrected chi connectivity index (χ4v) is 2.01. The summed E-state index contributed by atoms with van der Waals surface area (Å²) in [4.78, 5) is 10.4. The molecule has 110 valence electrons. The molecule has 0 aliphatic rings. The first-order valence-corrected chi connectivity index (χ1v) is 6.36. The average molecular weight is 290 g/mol. The maximum absolute atomic E-state index is 13.2. The van der Waals surface area contributed by atoms with Crippen LogP contribution in [-0.2, 0) is 13.2 Å². The van der Waals surface area contributed by atoms with Gasteiger partial charge in [0, 0.05) is 18.2 Å². The van der Waals surface area contributed by atoms with Crippen LogP contribution >= 0.6 is 0 Å². The molecule has 0 aromatic heterocycles. The van der Waals surface area contributed by atoms with Crippen molar-refractivity contribution in [3.8, 4) is 5.75 Å². The van der Waals surface area contributed by atoms with E-state index in [0.29, 0.717) is 12.3 Å².